The summed E-state index contributed by atoms with van der Waals surface area (Å²) in [6, 6.07) is 1.87. The number of halogens is 1. The van der Waals surface area contributed by atoms with Crippen LogP contribution in [-0.4, -0.2) is 71.5 Å². The maximum atomic E-state index is 12.4. The SMILES string of the molecule is O=C(CN1CCCN(c2cc(Cl)nc(C3CC3)n2)CC1)N1CCCC1. The van der Waals surface area contributed by atoms with Crippen molar-refractivity contribution in [3.63, 3.8) is 0 Å². The monoisotopic (exact) mass is 363 g/mol. The predicted molar refractivity (Wildman–Crippen MR) is 98.1 cm³/mol. The average Bonchev–Trinajstić information content (AvgIpc) is 3.35. The Morgan fingerprint density at radius 3 is 2.60 bits per heavy atom. The Bertz CT molecular complexity index is 630. The second-order valence-electron chi connectivity index (χ2n) is 7.39. The number of carbonyl (C=O) groups is 1. The molecule has 0 spiro atoms. The van der Waals surface area contributed by atoms with Crippen molar-refractivity contribution in [2.75, 3.05) is 50.7 Å². The summed E-state index contributed by atoms with van der Waals surface area (Å²) >= 11 is 6.21. The second-order valence-corrected chi connectivity index (χ2v) is 7.77. The highest BCUT2D eigenvalue weighted by Crippen LogP contribution is 2.39. The van der Waals surface area contributed by atoms with Gasteiger partial charge in [0.2, 0.25) is 5.91 Å². The molecule has 1 aromatic rings. The average molecular weight is 364 g/mol. The molecule has 1 amide bonds. The molecular weight excluding hydrogens is 338 g/mol. The molecule has 6 nitrogen and oxygen atoms in total. The van der Waals surface area contributed by atoms with E-state index in [0.29, 0.717) is 17.6 Å². The van der Waals surface area contributed by atoms with E-state index >= 15 is 0 Å². The quantitative estimate of drug-likeness (QED) is 0.767. The standard InChI is InChI=1S/C18H26ClN5O/c19-15-12-16(21-18(20-15)14-4-5-14)23-9-3-6-22(10-11-23)13-17(25)24-7-1-2-8-24/h12,14H,1-11,13H2. The number of hydrogen-bond acceptors (Lipinski definition) is 5. The van der Waals surface area contributed by atoms with Crippen LogP contribution in [0.15, 0.2) is 6.07 Å². The Labute approximate surface area is 154 Å². The van der Waals surface area contributed by atoms with Gasteiger partial charge in [0, 0.05) is 51.3 Å². The molecule has 2 saturated heterocycles. The van der Waals surface area contributed by atoms with E-state index in [4.69, 9.17) is 16.6 Å². The summed E-state index contributed by atoms with van der Waals surface area (Å²) in [5.41, 5.74) is 0. The van der Waals surface area contributed by atoms with E-state index in [0.717, 1.165) is 70.2 Å². The number of hydrogen-bond donors (Lipinski definition) is 0. The van der Waals surface area contributed by atoms with E-state index in [1.165, 1.54) is 12.8 Å². The van der Waals surface area contributed by atoms with Crippen LogP contribution in [0.3, 0.4) is 0 Å². The van der Waals surface area contributed by atoms with Crippen molar-refractivity contribution in [1.29, 1.82) is 0 Å². The van der Waals surface area contributed by atoms with Crippen molar-refractivity contribution in [2.24, 2.45) is 0 Å². The van der Waals surface area contributed by atoms with Gasteiger partial charge >= 0.3 is 0 Å². The van der Waals surface area contributed by atoms with E-state index in [1.54, 1.807) is 0 Å². The molecule has 3 heterocycles. The number of aromatic nitrogens is 2. The zero-order valence-corrected chi connectivity index (χ0v) is 15.4. The molecule has 0 atom stereocenters. The van der Waals surface area contributed by atoms with Crippen LogP contribution in [0.1, 0.15) is 43.8 Å². The molecule has 2 aliphatic heterocycles. The lowest BCUT2D eigenvalue weighted by atomic mass is 10.3. The van der Waals surface area contributed by atoms with Gasteiger partial charge in [-0.25, -0.2) is 9.97 Å². The van der Waals surface area contributed by atoms with Crippen molar-refractivity contribution in [3.8, 4) is 0 Å². The number of anilines is 1. The van der Waals surface area contributed by atoms with E-state index in [9.17, 15) is 4.79 Å². The first-order valence-corrected chi connectivity index (χ1v) is 9.86. The second kappa shape index (κ2) is 7.46. The first-order valence-electron chi connectivity index (χ1n) is 9.48. The maximum Gasteiger partial charge on any atom is 0.236 e. The Hall–Kier alpha value is -1.40. The molecule has 0 bridgehead atoms. The minimum Gasteiger partial charge on any atom is -0.355 e. The normalized spacial score (nSPS) is 22.3. The first kappa shape index (κ1) is 17.0. The molecule has 4 rings (SSSR count). The fourth-order valence-corrected chi connectivity index (χ4v) is 3.91. The molecule has 3 aliphatic rings. The topological polar surface area (TPSA) is 52.6 Å². The Balaban J connectivity index is 1.37. The Morgan fingerprint density at radius 2 is 1.84 bits per heavy atom. The van der Waals surface area contributed by atoms with Crippen molar-refractivity contribution in [3.05, 3.63) is 17.0 Å². The highest BCUT2D eigenvalue weighted by Gasteiger charge is 2.28. The number of rotatable bonds is 4. The molecule has 0 aromatic carbocycles. The van der Waals surface area contributed by atoms with E-state index < -0.39 is 0 Å². The van der Waals surface area contributed by atoms with E-state index in [1.807, 2.05) is 11.0 Å². The summed E-state index contributed by atoms with van der Waals surface area (Å²) in [5, 5.41) is 0.539. The van der Waals surface area contributed by atoms with Crippen molar-refractivity contribution in [1.82, 2.24) is 19.8 Å². The van der Waals surface area contributed by atoms with Gasteiger partial charge < -0.3 is 9.80 Å². The van der Waals surface area contributed by atoms with Gasteiger partial charge in [-0.3, -0.25) is 9.69 Å². The van der Waals surface area contributed by atoms with Crippen LogP contribution in [0.2, 0.25) is 5.15 Å². The van der Waals surface area contributed by atoms with Crippen LogP contribution >= 0.6 is 11.6 Å². The largest absolute Gasteiger partial charge is 0.355 e. The molecule has 1 saturated carbocycles. The highest BCUT2D eigenvalue weighted by molar-refractivity contribution is 6.29. The van der Waals surface area contributed by atoms with Crippen molar-refractivity contribution in [2.45, 2.75) is 38.0 Å². The number of carbonyl (C=O) groups excluding carboxylic acids is 1. The van der Waals surface area contributed by atoms with Crippen molar-refractivity contribution < 1.29 is 4.79 Å². The number of nitrogens with zero attached hydrogens (tertiary/aromatic N) is 5. The van der Waals surface area contributed by atoms with Gasteiger partial charge in [-0.15, -0.1) is 0 Å². The van der Waals surface area contributed by atoms with Gasteiger partial charge in [0.1, 0.15) is 16.8 Å². The zero-order valence-electron chi connectivity index (χ0n) is 14.7. The highest BCUT2D eigenvalue weighted by atomic mass is 35.5. The van der Waals surface area contributed by atoms with E-state index in [-0.39, 0.29) is 5.91 Å². The predicted octanol–water partition coefficient (Wildman–Crippen LogP) is 2.14. The van der Waals surface area contributed by atoms with Crippen LogP contribution in [0.25, 0.3) is 0 Å². The van der Waals surface area contributed by atoms with Crippen molar-refractivity contribution >= 4 is 23.3 Å². The summed E-state index contributed by atoms with van der Waals surface area (Å²) < 4.78 is 0. The molecule has 1 aromatic heterocycles. The number of likely N-dealkylation sites (tertiary alicyclic amines) is 1. The third kappa shape index (κ3) is 4.23. The van der Waals surface area contributed by atoms with Crippen LogP contribution in [0.5, 0.6) is 0 Å². The summed E-state index contributed by atoms with van der Waals surface area (Å²) in [6.45, 7) is 6.09. The summed E-state index contributed by atoms with van der Waals surface area (Å²) in [7, 11) is 0. The van der Waals surface area contributed by atoms with Gasteiger partial charge in [-0.05, 0) is 32.1 Å². The fourth-order valence-electron chi connectivity index (χ4n) is 3.72. The molecule has 0 unspecified atom stereocenters. The minimum atomic E-state index is 0.284. The van der Waals surface area contributed by atoms with Crippen LogP contribution in [0, 0.1) is 0 Å². The molecular formula is C18H26ClN5O. The molecule has 3 fully saturated rings. The van der Waals surface area contributed by atoms with Crippen LogP contribution in [-0.2, 0) is 4.79 Å². The first-order chi connectivity index (χ1) is 12.2. The molecule has 7 heteroatoms. The molecule has 1 aliphatic carbocycles. The third-order valence-corrected chi connectivity index (χ3v) is 5.56. The molecule has 25 heavy (non-hydrogen) atoms. The summed E-state index contributed by atoms with van der Waals surface area (Å²) in [6.07, 6.45) is 5.68. The van der Waals surface area contributed by atoms with Gasteiger partial charge in [-0.2, -0.15) is 0 Å². The lowest BCUT2D eigenvalue weighted by molar-refractivity contribution is -0.131. The van der Waals surface area contributed by atoms with Crippen LogP contribution in [0.4, 0.5) is 5.82 Å². The smallest absolute Gasteiger partial charge is 0.236 e. The summed E-state index contributed by atoms with van der Waals surface area (Å²) in [4.78, 5) is 28.1. The third-order valence-electron chi connectivity index (χ3n) is 5.37. The molecule has 136 valence electrons. The van der Waals surface area contributed by atoms with E-state index in [2.05, 4.69) is 14.8 Å². The van der Waals surface area contributed by atoms with Gasteiger partial charge in [0.25, 0.3) is 0 Å². The van der Waals surface area contributed by atoms with Gasteiger partial charge in [0.15, 0.2) is 0 Å². The molecule has 0 radical (unpaired) electrons. The zero-order chi connectivity index (χ0) is 17.2. The number of amides is 1. The maximum absolute atomic E-state index is 12.4. The lowest BCUT2D eigenvalue weighted by Crippen LogP contribution is -2.40. The minimum absolute atomic E-state index is 0.284. The van der Waals surface area contributed by atoms with Gasteiger partial charge in [0.05, 0.1) is 6.54 Å². The Morgan fingerprint density at radius 1 is 1.04 bits per heavy atom. The van der Waals surface area contributed by atoms with Gasteiger partial charge in [-0.1, -0.05) is 11.6 Å². The van der Waals surface area contributed by atoms with Crippen LogP contribution < -0.4 is 4.90 Å². The Kier molecular flexibility index (Phi) is 5.08. The lowest BCUT2D eigenvalue weighted by Gasteiger charge is -2.24. The summed E-state index contributed by atoms with van der Waals surface area (Å²) in [5.74, 6) is 2.62. The molecule has 0 N–H and O–H groups in total. The fraction of sp³-hybridized carbons (Fsp3) is 0.722.